The summed E-state index contributed by atoms with van der Waals surface area (Å²) in [5.74, 6) is 1.10. The van der Waals surface area contributed by atoms with E-state index in [-0.39, 0.29) is 0 Å². The van der Waals surface area contributed by atoms with Crippen molar-refractivity contribution in [2.45, 2.75) is 45.6 Å². The fourth-order valence-electron chi connectivity index (χ4n) is 2.54. The molecule has 1 atom stereocenters. The summed E-state index contributed by atoms with van der Waals surface area (Å²) < 4.78 is 5.66. The Morgan fingerprint density at radius 1 is 1.15 bits per heavy atom. The highest BCUT2D eigenvalue weighted by Gasteiger charge is 2.15. The van der Waals surface area contributed by atoms with E-state index in [1.807, 2.05) is 6.07 Å². The first kappa shape index (κ1) is 14.9. The smallest absolute Gasteiger partial charge is 0.123 e. The number of rotatable bonds is 8. The molecule has 0 bridgehead atoms. The lowest BCUT2D eigenvalue weighted by molar-refractivity contribution is 0.387. The molecule has 1 unspecified atom stereocenters. The van der Waals surface area contributed by atoms with E-state index >= 15 is 0 Å². The van der Waals surface area contributed by atoms with Crippen LogP contribution in [0.15, 0.2) is 47.1 Å². The topological polar surface area (TPSA) is 25.2 Å². The van der Waals surface area contributed by atoms with E-state index in [1.54, 1.807) is 6.26 Å². The van der Waals surface area contributed by atoms with Gasteiger partial charge in [-0.25, -0.2) is 0 Å². The lowest BCUT2D eigenvalue weighted by Gasteiger charge is -2.17. The van der Waals surface area contributed by atoms with Crippen LogP contribution in [-0.4, -0.2) is 6.54 Å². The summed E-state index contributed by atoms with van der Waals surface area (Å²) in [6.07, 6.45) is 6.36. The number of nitrogens with one attached hydrogen (secondary N) is 1. The third kappa shape index (κ3) is 4.24. The third-order valence-corrected chi connectivity index (χ3v) is 3.66. The molecule has 2 nitrogen and oxygen atoms in total. The molecule has 2 heteroatoms. The fourth-order valence-corrected chi connectivity index (χ4v) is 2.54. The van der Waals surface area contributed by atoms with Gasteiger partial charge in [-0.05, 0) is 56.3 Å². The molecule has 2 rings (SSSR count). The van der Waals surface area contributed by atoms with Gasteiger partial charge in [0.15, 0.2) is 0 Å². The highest BCUT2D eigenvalue weighted by atomic mass is 16.3. The predicted molar refractivity (Wildman–Crippen MR) is 83.9 cm³/mol. The van der Waals surface area contributed by atoms with Crippen LogP contribution in [0, 0.1) is 6.92 Å². The standard InChI is InChI=1S/C18H25NO/c1-3-13-19-17(18-15(2)12-14-20-18)11-7-10-16-8-5-4-6-9-16/h4-6,8-9,12,14,17,19H,3,7,10-11,13H2,1-2H3. The quantitative estimate of drug-likeness (QED) is 0.756. The lowest BCUT2D eigenvalue weighted by Crippen LogP contribution is -2.22. The number of benzene rings is 1. The average Bonchev–Trinajstić information content (AvgIpc) is 2.90. The van der Waals surface area contributed by atoms with Gasteiger partial charge >= 0.3 is 0 Å². The van der Waals surface area contributed by atoms with Crippen LogP contribution in [0.1, 0.15) is 49.1 Å². The van der Waals surface area contributed by atoms with E-state index in [1.165, 1.54) is 17.5 Å². The molecule has 0 aliphatic rings. The molecule has 1 N–H and O–H groups in total. The Balaban J connectivity index is 1.89. The fraction of sp³-hybridized carbons (Fsp3) is 0.444. The Labute approximate surface area is 122 Å². The SMILES string of the molecule is CCCNC(CCCc1ccccc1)c1occc1C. The second kappa shape index (κ2) is 7.91. The summed E-state index contributed by atoms with van der Waals surface area (Å²) in [5, 5.41) is 3.61. The van der Waals surface area contributed by atoms with Crippen LogP contribution >= 0.6 is 0 Å². The van der Waals surface area contributed by atoms with Crippen molar-refractivity contribution in [1.82, 2.24) is 5.32 Å². The van der Waals surface area contributed by atoms with Crippen LogP contribution in [0.4, 0.5) is 0 Å². The molecule has 1 heterocycles. The molecule has 0 amide bonds. The average molecular weight is 271 g/mol. The minimum Gasteiger partial charge on any atom is -0.467 e. The first-order chi connectivity index (χ1) is 9.81. The van der Waals surface area contributed by atoms with Gasteiger partial charge in [0, 0.05) is 0 Å². The van der Waals surface area contributed by atoms with Crippen LogP contribution in [0.3, 0.4) is 0 Å². The molecule has 0 radical (unpaired) electrons. The van der Waals surface area contributed by atoms with Crippen molar-refractivity contribution in [3.63, 3.8) is 0 Å². The zero-order valence-corrected chi connectivity index (χ0v) is 12.6. The van der Waals surface area contributed by atoms with E-state index in [0.717, 1.165) is 31.6 Å². The molecule has 2 aromatic rings. The van der Waals surface area contributed by atoms with Gasteiger partial charge in [-0.3, -0.25) is 0 Å². The maximum absolute atomic E-state index is 5.66. The molecule has 108 valence electrons. The van der Waals surface area contributed by atoms with Gasteiger partial charge in [-0.15, -0.1) is 0 Å². The van der Waals surface area contributed by atoms with Gasteiger partial charge in [0.1, 0.15) is 5.76 Å². The number of hydrogen-bond acceptors (Lipinski definition) is 2. The summed E-state index contributed by atoms with van der Waals surface area (Å²) in [6, 6.07) is 13.1. The molecule has 20 heavy (non-hydrogen) atoms. The summed E-state index contributed by atoms with van der Waals surface area (Å²) in [6.45, 7) is 5.36. The zero-order valence-electron chi connectivity index (χ0n) is 12.6. The van der Waals surface area contributed by atoms with Gasteiger partial charge < -0.3 is 9.73 Å². The monoisotopic (exact) mass is 271 g/mol. The van der Waals surface area contributed by atoms with Gasteiger partial charge in [-0.2, -0.15) is 0 Å². The maximum atomic E-state index is 5.66. The minimum atomic E-state index is 0.341. The molecule has 0 aliphatic heterocycles. The Morgan fingerprint density at radius 2 is 1.95 bits per heavy atom. The molecule has 0 spiro atoms. The van der Waals surface area contributed by atoms with Crippen LogP contribution < -0.4 is 5.32 Å². The second-order valence-electron chi connectivity index (χ2n) is 5.35. The summed E-state index contributed by atoms with van der Waals surface area (Å²) in [5.41, 5.74) is 2.66. The van der Waals surface area contributed by atoms with Gasteiger partial charge in [0.05, 0.1) is 12.3 Å². The number of hydrogen-bond donors (Lipinski definition) is 1. The molecular formula is C18H25NO. The second-order valence-corrected chi connectivity index (χ2v) is 5.35. The van der Waals surface area contributed by atoms with Crippen molar-refractivity contribution >= 4 is 0 Å². The lowest BCUT2D eigenvalue weighted by atomic mass is 10.0. The van der Waals surface area contributed by atoms with Crippen LogP contribution in [0.2, 0.25) is 0 Å². The van der Waals surface area contributed by atoms with Crippen molar-refractivity contribution in [1.29, 1.82) is 0 Å². The highest BCUT2D eigenvalue weighted by molar-refractivity contribution is 5.18. The predicted octanol–water partition coefficient (Wildman–Crippen LogP) is 4.65. The normalized spacial score (nSPS) is 12.5. The van der Waals surface area contributed by atoms with E-state index in [4.69, 9.17) is 4.42 Å². The van der Waals surface area contributed by atoms with E-state index in [9.17, 15) is 0 Å². The first-order valence-electron chi connectivity index (χ1n) is 7.62. The van der Waals surface area contributed by atoms with Crippen LogP contribution in [-0.2, 0) is 6.42 Å². The van der Waals surface area contributed by atoms with Crippen molar-refractivity contribution in [2.24, 2.45) is 0 Å². The molecule has 0 fully saturated rings. The maximum Gasteiger partial charge on any atom is 0.123 e. The van der Waals surface area contributed by atoms with Gasteiger partial charge in [-0.1, -0.05) is 37.3 Å². The van der Waals surface area contributed by atoms with Crippen molar-refractivity contribution < 1.29 is 4.42 Å². The molecule has 1 aromatic heterocycles. The molecular weight excluding hydrogens is 246 g/mol. The zero-order chi connectivity index (χ0) is 14.2. The van der Waals surface area contributed by atoms with Gasteiger partial charge in [0.2, 0.25) is 0 Å². The molecule has 0 aliphatic carbocycles. The molecule has 0 saturated heterocycles. The molecule has 0 saturated carbocycles. The summed E-state index contributed by atoms with van der Waals surface area (Å²) in [7, 11) is 0. The van der Waals surface area contributed by atoms with Crippen LogP contribution in [0.25, 0.3) is 0 Å². The van der Waals surface area contributed by atoms with Crippen molar-refractivity contribution in [2.75, 3.05) is 6.54 Å². The number of furan rings is 1. The largest absolute Gasteiger partial charge is 0.467 e. The Bertz CT molecular complexity index is 489. The summed E-state index contributed by atoms with van der Waals surface area (Å²) >= 11 is 0. The van der Waals surface area contributed by atoms with Gasteiger partial charge in [0.25, 0.3) is 0 Å². The Hall–Kier alpha value is -1.54. The Morgan fingerprint density at radius 3 is 2.60 bits per heavy atom. The first-order valence-corrected chi connectivity index (χ1v) is 7.62. The number of aryl methyl sites for hydroxylation is 2. The van der Waals surface area contributed by atoms with Crippen molar-refractivity contribution in [3.8, 4) is 0 Å². The highest BCUT2D eigenvalue weighted by Crippen LogP contribution is 2.23. The summed E-state index contributed by atoms with van der Waals surface area (Å²) in [4.78, 5) is 0. The minimum absolute atomic E-state index is 0.341. The van der Waals surface area contributed by atoms with E-state index in [2.05, 4.69) is 49.5 Å². The third-order valence-electron chi connectivity index (χ3n) is 3.66. The Kier molecular flexibility index (Phi) is 5.87. The van der Waals surface area contributed by atoms with Crippen molar-refractivity contribution in [3.05, 3.63) is 59.5 Å². The van der Waals surface area contributed by atoms with Crippen LogP contribution in [0.5, 0.6) is 0 Å². The van der Waals surface area contributed by atoms with E-state index < -0.39 is 0 Å². The van der Waals surface area contributed by atoms with E-state index in [0.29, 0.717) is 6.04 Å². The molecule has 1 aromatic carbocycles.